The lowest BCUT2D eigenvalue weighted by Crippen LogP contribution is -2.01. The van der Waals surface area contributed by atoms with Gasteiger partial charge in [-0.2, -0.15) is 0 Å². The van der Waals surface area contributed by atoms with Crippen LogP contribution in [0, 0.1) is 20.8 Å². The number of alkyl halides is 1. The molecular formula is C17H19ClO. The Kier molecular flexibility index (Phi) is 4.16. The highest BCUT2D eigenvalue weighted by Crippen LogP contribution is 2.35. The molecule has 0 aromatic heterocycles. The van der Waals surface area contributed by atoms with Gasteiger partial charge in [0.15, 0.2) is 0 Å². The van der Waals surface area contributed by atoms with Crippen molar-refractivity contribution in [3.8, 4) is 5.75 Å². The van der Waals surface area contributed by atoms with Gasteiger partial charge < -0.3 is 4.74 Å². The van der Waals surface area contributed by atoms with Gasteiger partial charge in [-0.05, 0) is 60.7 Å². The van der Waals surface area contributed by atoms with Gasteiger partial charge in [-0.3, -0.25) is 0 Å². The zero-order valence-electron chi connectivity index (χ0n) is 11.8. The topological polar surface area (TPSA) is 9.23 Å². The van der Waals surface area contributed by atoms with Crippen LogP contribution in [0.15, 0.2) is 36.4 Å². The van der Waals surface area contributed by atoms with Crippen LogP contribution in [0.1, 0.15) is 33.2 Å². The average Bonchev–Trinajstić information content (AvgIpc) is 2.38. The van der Waals surface area contributed by atoms with Crippen LogP contribution in [0.25, 0.3) is 0 Å². The number of aryl methyl sites for hydroxylation is 3. The summed E-state index contributed by atoms with van der Waals surface area (Å²) in [7, 11) is 1.68. The van der Waals surface area contributed by atoms with Gasteiger partial charge in [0, 0.05) is 0 Å². The summed E-state index contributed by atoms with van der Waals surface area (Å²) in [6.45, 7) is 6.29. The molecule has 0 aliphatic rings. The van der Waals surface area contributed by atoms with Gasteiger partial charge in [0.05, 0.1) is 12.5 Å². The molecule has 2 aromatic rings. The largest absolute Gasteiger partial charge is 0.497 e. The molecule has 1 atom stereocenters. The van der Waals surface area contributed by atoms with Gasteiger partial charge in [-0.15, -0.1) is 11.6 Å². The predicted molar refractivity (Wildman–Crippen MR) is 81.3 cm³/mol. The maximum atomic E-state index is 6.70. The van der Waals surface area contributed by atoms with Crippen LogP contribution in [0.5, 0.6) is 5.75 Å². The van der Waals surface area contributed by atoms with Crippen molar-refractivity contribution in [1.82, 2.24) is 0 Å². The minimum Gasteiger partial charge on any atom is -0.497 e. The van der Waals surface area contributed by atoms with Crippen LogP contribution in [0.3, 0.4) is 0 Å². The summed E-state index contributed by atoms with van der Waals surface area (Å²) < 4.78 is 5.24. The number of ether oxygens (including phenoxy) is 1. The lowest BCUT2D eigenvalue weighted by Gasteiger charge is -2.18. The van der Waals surface area contributed by atoms with Crippen LogP contribution in [0.4, 0.5) is 0 Å². The van der Waals surface area contributed by atoms with E-state index in [9.17, 15) is 0 Å². The number of halogens is 1. The van der Waals surface area contributed by atoms with Gasteiger partial charge in [-0.25, -0.2) is 0 Å². The predicted octanol–water partition coefficient (Wildman–Crippen LogP) is 4.95. The molecule has 0 saturated heterocycles. The van der Waals surface area contributed by atoms with Crippen molar-refractivity contribution in [2.45, 2.75) is 26.1 Å². The number of hydrogen-bond donors (Lipinski definition) is 0. The smallest absolute Gasteiger partial charge is 0.119 e. The molecule has 1 nitrogen and oxygen atoms in total. The minimum absolute atomic E-state index is 0.118. The third-order valence-corrected chi connectivity index (χ3v) is 4.00. The summed E-state index contributed by atoms with van der Waals surface area (Å²) in [5.74, 6) is 0.867. The molecule has 0 N–H and O–H groups in total. The fourth-order valence-electron chi connectivity index (χ4n) is 2.44. The highest BCUT2D eigenvalue weighted by Gasteiger charge is 2.17. The molecule has 0 radical (unpaired) electrons. The molecule has 0 aliphatic heterocycles. The fraction of sp³-hybridized carbons (Fsp3) is 0.294. The third kappa shape index (κ3) is 2.76. The highest BCUT2D eigenvalue weighted by atomic mass is 35.5. The zero-order valence-corrected chi connectivity index (χ0v) is 12.6. The van der Waals surface area contributed by atoms with Crippen LogP contribution in [-0.2, 0) is 0 Å². The lowest BCUT2D eigenvalue weighted by molar-refractivity contribution is 0.414. The summed E-state index contributed by atoms with van der Waals surface area (Å²) in [6, 6.07) is 12.3. The Labute approximate surface area is 120 Å². The molecule has 0 fully saturated rings. The van der Waals surface area contributed by atoms with E-state index in [0.717, 1.165) is 16.9 Å². The van der Waals surface area contributed by atoms with Crippen molar-refractivity contribution in [3.63, 3.8) is 0 Å². The first kappa shape index (κ1) is 14.0. The lowest BCUT2D eigenvalue weighted by atomic mass is 9.93. The summed E-state index contributed by atoms with van der Waals surface area (Å²) in [5.41, 5.74) is 5.96. The number of benzene rings is 2. The van der Waals surface area contributed by atoms with E-state index in [0.29, 0.717) is 0 Å². The molecule has 0 amide bonds. The monoisotopic (exact) mass is 274 g/mol. The molecule has 2 aromatic carbocycles. The minimum atomic E-state index is -0.118. The van der Waals surface area contributed by atoms with Crippen molar-refractivity contribution in [1.29, 1.82) is 0 Å². The second-order valence-electron chi connectivity index (χ2n) is 4.89. The van der Waals surface area contributed by atoms with Crippen LogP contribution in [0.2, 0.25) is 0 Å². The number of rotatable bonds is 3. The van der Waals surface area contributed by atoms with Crippen LogP contribution >= 0.6 is 11.6 Å². The SMILES string of the molecule is COc1ccc(C(Cl)c2c(C)cccc2C)c(C)c1. The quantitative estimate of drug-likeness (QED) is 0.720. The maximum Gasteiger partial charge on any atom is 0.119 e. The van der Waals surface area contributed by atoms with E-state index >= 15 is 0 Å². The molecule has 2 heteroatoms. The summed E-state index contributed by atoms with van der Waals surface area (Å²) in [4.78, 5) is 0. The second kappa shape index (κ2) is 5.66. The van der Waals surface area contributed by atoms with Gasteiger partial charge in [-0.1, -0.05) is 24.3 Å². The second-order valence-corrected chi connectivity index (χ2v) is 5.33. The third-order valence-electron chi connectivity index (χ3n) is 3.55. The summed E-state index contributed by atoms with van der Waals surface area (Å²) in [6.07, 6.45) is 0. The van der Waals surface area contributed by atoms with Crippen molar-refractivity contribution in [2.24, 2.45) is 0 Å². The van der Waals surface area contributed by atoms with Crippen molar-refractivity contribution < 1.29 is 4.74 Å². The summed E-state index contributed by atoms with van der Waals surface area (Å²) >= 11 is 6.70. The molecule has 19 heavy (non-hydrogen) atoms. The van der Waals surface area contributed by atoms with E-state index in [1.165, 1.54) is 16.7 Å². The van der Waals surface area contributed by atoms with Crippen molar-refractivity contribution in [2.75, 3.05) is 7.11 Å². The van der Waals surface area contributed by atoms with E-state index < -0.39 is 0 Å². The highest BCUT2D eigenvalue weighted by molar-refractivity contribution is 6.23. The Hall–Kier alpha value is -1.47. The first-order chi connectivity index (χ1) is 9.04. The van der Waals surface area contributed by atoms with Gasteiger partial charge in [0.1, 0.15) is 5.75 Å². The molecule has 0 aliphatic carbocycles. The van der Waals surface area contributed by atoms with Crippen molar-refractivity contribution in [3.05, 3.63) is 64.2 Å². The van der Waals surface area contributed by atoms with Crippen LogP contribution < -0.4 is 4.74 Å². The first-order valence-electron chi connectivity index (χ1n) is 6.39. The Bertz CT molecular complexity index is 570. The van der Waals surface area contributed by atoms with E-state index in [1.54, 1.807) is 7.11 Å². The van der Waals surface area contributed by atoms with Gasteiger partial charge in [0.2, 0.25) is 0 Å². The standard InChI is InChI=1S/C17H19ClO/c1-11-6-5-7-12(2)16(11)17(18)15-9-8-14(19-4)10-13(15)3/h5-10,17H,1-4H3. The van der Waals surface area contributed by atoms with Crippen molar-refractivity contribution >= 4 is 11.6 Å². The molecule has 100 valence electrons. The summed E-state index contributed by atoms with van der Waals surface area (Å²) in [5, 5.41) is -0.118. The number of hydrogen-bond acceptors (Lipinski definition) is 1. The zero-order chi connectivity index (χ0) is 14.0. The molecule has 0 saturated carbocycles. The first-order valence-corrected chi connectivity index (χ1v) is 6.83. The van der Waals surface area contributed by atoms with E-state index in [1.807, 2.05) is 12.1 Å². The van der Waals surface area contributed by atoms with E-state index in [4.69, 9.17) is 16.3 Å². The van der Waals surface area contributed by atoms with Gasteiger partial charge >= 0.3 is 0 Å². The van der Waals surface area contributed by atoms with E-state index in [2.05, 4.69) is 45.0 Å². The molecule has 0 bridgehead atoms. The Morgan fingerprint density at radius 1 is 0.947 bits per heavy atom. The molecule has 2 rings (SSSR count). The average molecular weight is 275 g/mol. The Morgan fingerprint density at radius 3 is 2.11 bits per heavy atom. The molecular weight excluding hydrogens is 256 g/mol. The molecule has 0 heterocycles. The maximum absolute atomic E-state index is 6.70. The molecule has 1 unspecified atom stereocenters. The molecule has 0 spiro atoms. The Morgan fingerprint density at radius 2 is 1.58 bits per heavy atom. The number of methoxy groups -OCH3 is 1. The normalized spacial score (nSPS) is 12.3. The van der Waals surface area contributed by atoms with Gasteiger partial charge in [0.25, 0.3) is 0 Å². The fourth-order valence-corrected chi connectivity index (χ4v) is 3.03. The van der Waals surface area contributed by atoms with E-state index in [-0.39, 0.29) is 5.38 Å². The Balaban J connectivity index is 2.47. The van der Waals surface area contributed by atoms with Crippen LogP contribution in [-0.4, -0.2) is 7.11 Å².